The van der Waals surface area contributed by atoms with Crippen molar-refractivity contribution in [3.63, 3.8) is 0 Å². The van der Waals surface area contributed by atoms with E-state index < -0.39 is 0 Å². The molecule has 5 nitrogen and oxygen atoms in total. The Bertz CT molecular complexity index is 831. The van der Waals surface area contributed by atoms with Crippen molar-refractivity contribution in [3.05, 3.63) is 34.9 Å². The summed E-state index contributed by atoms with van der Waals surface area (Å²) in [6.45, 7) is 3.01. The van der Waals surface area contributed by atoms with Crippen LogP contribution >= 0.6 is 0 Å². The zero-order valence-electron chi connectivity index (χ0n) is 14.0. The Morgan fingerprint density at radius 1 is 1.08 bits per heavy atom. The third-order valence-corrected chi connectivity index (χ3v) is 5.18. The normalized spacial score (nSPS) is 21.0. The van der Waals surface area contributed by atoms with Crippen molar-refractivity contribution in [3.8, 4) is 34.1 Å². The molecule has 2 atom stereocenters. The number of hydrogen-bond acceptors (Lipinski definition) is 5. The van der Waals surface area contributed by atoms with Crippen LogP contribution in [0.25, 0.3) is 11.1 Å². The van der Waals surface area contributed by atoms with E-state index in [-0.39, 0.29) is 17.5 Å². The molecule has 0 bridgehead atoms. The van der Waals surface area contributed by atoms with Crippen LogP contribution in [0, 0.1) is 0 Å². The first kappa shape index (κ1) is 15.1. The minimum Gasteiger partial charge on any atom is -0.504 e. The first-order valence-corrected chi connectivity index (χ1v) is 8.12. The van der Waals surface area contributed by atoms with Gasteiger partial charge in [-0.1, -0.05) is 6.92 Å². The Morgan fingerprint density at radius 3 is 2.58 bits per heavy atom. The van der Waals surface area contributed by atoms with Gasteiger partial charge in [-0.25, -0.2) is 0 Å². The van der Waals surface area contributed by atoms with Crippen molar-refractivity contribution < 1.29 is 19.7 Å². The number of aromatic hydroxyl groups is 2. The van der Waals surface area contributed by atoms with Crippen molar-refractivity contribution in [1.82, 2.24) is 5.32 Å². The van der Waals surface area contributed by atoms with Crippen molar-refractivity contribution in [2.45, 2.75) is 25.3 Å². The molecule has 1 heterocycles. The molecule has 3 N–H and O–H groups in total. The molecule has 2 aliphatic rings. The zero-order chi connectivity index (χ0) is 17.0. The molecule has 0 fully saturated rings. The highest BCUT2D eigenvalue weighted by molar-refractivity contribution is 5.85. The topological polar surface area (TPSA) is 71.0 Å². The lowest BCUT2D eigenvalue weighted by Gasteiger charge is -2.38. The van der Waals surface area contributed by atoms with Crippen LogP contribution < -0.4 is 14.8 Å². The van der Waals surface area contributed by atoms with E-state index in [1.165, 1.54) is 12.7 Å². The first-order valence-electron chi connectivity index (χ1n) is 8.12. The number of ether oxygens (including phenoxy) is 2. The molecule has 2 aromatic rings. The Labute approximate surface area is 140 Å². The Hall–Kier alpha value is -2.40. The van der Waals surface area contributed by atoms with Crippen LogP contribution in [0.15, 0.2) is 18.2 Å². The molecule has 0 spiro atoms. The summed E-state index contributed by atoms with van der Waals surface area (Å²) in [4.78, 5) is 0. The summed E-state index contributed by atoms with van der Waals surface area (Å²) in [7, 11) is 3.10. The second-order valence-electron chi connectivity index (χ2n) is 6.55. The Balaban J connectivity index is 2.08. The number of rotatable bonds is 2. The van der Waals surface area contributed by atoms with Gasteiger partial charge in [0.05, 0.1) is 14.2 Å². The lowest BCUT2D eigenvalue weighted by Crippen LogP contribution is -2.35. The molecule has 24 heavy (non-hydrogen) atoms. The van der Waals surface area contributed by atoms with Crippen LogP contribution in [0.1, 0.15) is 35.6 Å². The molecule has 1 aliphatic carbocycles. The average Bonchev–Trinajstić information content (AvgIpc) is 2.57. The van der Waals surface area contributed by atoms with Crippen molar-refractivity contribution >= 4 is 0 Å². The fourth-order valence-electron chi connectivity index (χ4n) is 4.04. The van der Waals surface area contributed by atoms with Gasteiger partial charge in [-0.05, 0) is 52.8 Å². The summed E-state index contributed by atoms with van der Waals surface area (Å²) < 4.78 is 10.8. The van der Waals surface area contributed by atoms with E-state index >= 15 is 0 Å². The number of nitrogens with one attached hydrogen (secondary N) is 1. The maximum atomic E-state index is 10.5. The molecule has 0 saturated heterocycles. The van der Waals surface area contributed by atoms with E-state index in [0.29, 0.717) is 17.4 Å². The average molecular weight is 327 g/mol. The summed E-state index contributed by atoms with van der Waals surface area (Å²) in [5.74, 6) is 1.49. The van der Waals surface area contributed by atoms with Gasteiger partial charge in [0.15, 0.2) is 23.0 Å². The summed E-state index contributed by atoms with van der Waals surface area (Å²) >= 11 is 0. The van der Waals surface area contributed by atoms with Crippen molar-refractivity contribution in [2.75, 3.05) is 20.8 Å². The summed E-state index contributed by atoms with van der Waals surface area (Å²) in [5.41, 5.74) is 5.20. The summed E-state index contributed by atoms with van der Waals surface area (Å²) in [5, 5.41) is 24.2. The molecule has 0 saturated carbocycles. The smallest absolute Gasteiger partial charge is 0.168 e. The number of methoxy groups -OCH3 is 2. The molecule has 1 aliphatic heterocycles. The van der Waals surface area contributed by atoms with Gasteiger partial charge >= 0.3 is 0 Å². The minimum absolute atomic E-state index is 0.128. The van der Waals surface area contributed by atoms with Crippen molar-refractivity contribution in [2.24, 2.45) is 0 Å². The Morgan fingerprint density at radius 2 is 1.88 bits per heavy atom. The monoisotopic (exact) mass is 327 g/mol. The molecule has 1 unspecified atom stereocenters. The predicted octanol–water partition coefficient (Wildman–Crippen LogP) is 3.09. The molecule has 0 amide bonds. The predicted molar refractivity (Wildman–Crippen MR) is 91.2 cm³/mol. The lowest BCUT2D eigenvalue weighted by atomic mass is 9.75. The molecular weight excluding hydrogens is 306 g/mol. The first-order chi connectivity index (χ1) is 11.5. The van der Waals surface area contributed by atoms with Gasteiger partial charge in [0, 0.05) is 18.2 Å². The van der Waals surface area contributed by atoms with E-state index in [9.17, 15) is 10.2 Å². The van der Waals surface area contributed by atoms with Crippen LogP contribution in [0.2, 0.25) is 0 Å². The van der Waals surface area contributed by atoms with Crippen LogP contribution in [0.3, 0.4) is 0 Å². The van der Waals surface area contributed by atoms with E-state index in [1.54, 1.807) is 13.2 Å². The fourth-order valence-corrected chi connectivity index (χ4v) is 4.04. The van der Waals surface area contributed by atoms with E-state index in [4.69, 9.17) is 9.47 Å². The number of fused-ring (bicyclic) bond motifs is 2. The van der Waals surface area contributed by atoms with Crippen molar-refractivity contribution in [1.29, 1.82) is 0 Å². The van der Waals surface area contributed by atoms with Gasteiger partial charge in [0.1, 0.15) is 0 Å². The molecular formula is C19H21NO4. The van der Waals surface area contributed by atoms with E-state index in [1.807, 2.05) is 12.1 Å². The third-order valence-electron chi connectivity index (χ3n) is 5.18. The van der Waals surface area contributed by atoms with Gasteiger partial charge < -0.3 is 25.0 Å². The maximum absolute atomic E-state index is 10.5. The quantitative estimate of drug-likeness (QED) is 0.791. The molecule has 126 valence electrons. The minimum atomic E-state index is 0.128. The van der Waals surface area contributed by atoms with E-state index in [2.05, 4.69) is 12.2 Å². The fraction of sp³-hybridized carbons (Fsp3) is 0.368. The summed E-state index contributed by atoms with van der Waals surface area (Å²) in [6, 6.07) is 5.57. The number of phenols is 2. The molecule has 0 radical (unpaired) electrons. The SMILES string of the molecule is COc1cc2c(cc1O)C[C@@H]1NCC(C)c3cc(O)c(OC)c-2c31. The number of benzene rings is 2. The van der Waals surface area contributed by atoms with E-state index in [0.717, 1.165) is 35.2 Å². The molecule has 0 aromatic heterocycles. The number of phenolic OH excluding ortho intramolecular Hbond substituents is 2. The Kier molecular flexibility index (Phi) is 3.35. The third kappa shape index (κ3) is 1.97. The van der Waals surface area contributed by atoms with Gasteiger partial charge in [-0.3, -0.25) is 0 Å². The van der Waals surface area contributed by atoms with Crippen LogP contribution in [-0.4, -0.2) is 31.0 Å². The highest BCUT2D eigenvalue weighted by Crippen LogP contribution is 2.53. The standard InChI is InChI=1S/C19H21NO4/c1-9-8-20-13-4-10-5-14(21)16(23-2)7-12(10)18-17(13)11(9)6-15(22)19(18)24-3/h5-7,9,13,20-22H,4,8H2,1-3H3/t9?,13-/m0/s1. The zero-order valence-corrected chi connectivity index (χ0v) is 14.0. The second kappa shape index (κ2) is 5.31. The van der Waals surface area contributed by atoms with Gasteiger partial charge in [-0.2, -0.15) is 0 Å². The lowest BCUT2D eigenvalue weighted by molar-refractivity contribution is 0.366. The molecule has 2 aromatic carbocycles. The maximum Gasteiger partial charge on any atom is 0.168 e. The van der Waals surface area contributed by atoms with Gasteiger partial charge in [0.25, 0.3) is 0 Å². The highest BCUT2D eigenvalue weighted by Gasteiger charge is 2.36. The summed E-state index contributed by atoms with van der Waals surface area (Å²) in [6.07, 6.45) is 0.785. The van der Waals surface area contributed by atoms with Crippen LogP contribution in [0.4, 0.5) is 0 Å². The largest absolute Gasteiger partial charge is 0.504 e. The van der Waals surface area contributed by atoms with Gasteiger partial charge in [-0.15, -0.1) is 0 Å². The second-order valence-corrected chi connectivity index (χ2v) is 6.55. The molecule has 5 heteroatoms. The molecule has 4 rings (SSSR count). The van der Waals surface area contributed by atoms with Crippen LogP contribution in [-0.2, 0) is 6.42 Å². The number of hydrogen-bond donors (Lipinski definition) is 3. The highest BCUT2D eigenvalue weighted by atomic mass is 16.5. The van der Waals surface area contributed by atoms with Crippen LogP contribution in [0.5, 0.6) is 23.0 Å². The van der Waals surface area contributed by atoms with Gasteiger partial charge in [0.2, 0.25) is 0 Å².